The number of hydrogen-bond donors (Lipinski definition) is 1. The van der Waals surface area contributed by atoms with Gasteiger partial charge in [0.2, 0.25) is 0 Å². The first kappa shape index (κ1) is 14.5. The van der Waals surface area contributed by atoms with Crippen molar-refractivity contribution in [1.82, 2.24) is 0 Å². The van der Waals surface area contributed by atoms with Gasteiger partial charge >= 0.3 is 0 Å². The van der Waals surface area contributed by atoms with Gasteiger partial charge in [-0.3, -0.25) is 0 Å². The van der Waals surface area contributed by atoms with Gasteiger partial charge in [-0.2, -0.15) is 0 Å². The zero-order chi connectivity index (χ0) is 13.3. The number of aliphatic hydroxyl groups excluding tert-OH is 1. The van der Waals surface area contributed by atoms with Crippen LogP contribution in [-0.2, 0) is 0 Å². The van der Waals surface area contributed by atoms with E-state index in [-0.39, 0.29) is 16.9 Å². The van der Waals surface area contributed by atoms with E-state index in [0.29, 0.717) is 5.92 Å². The summed E-state index contributed by atoms with van der Waals surface area (Å²) in [6.07, 6.45) is 8.72. The molecule has 0 aromatic heterocycles. The zero-order valence-corrected chi connectivity index (χ0v) is 12.2. The van der Waals surface area contributed by atoms with Gasteiger partial charge in [-0.1, -0.05) is 51.5 Å². The van der Waals surface area contributed by atoms with Crippen molar-refractivity contribution < 1.29 is 5.11 Å². The quantitative estimate of drug-likeness (QED) is 0.720. The van der Waals surface area contributed by atoms with Gasteiger partial charge < -0.3 is 5.11 Å². The Bertz CT molecular complexity index is 322. The molecule has 0 aromatic rings. The Kier molecular flexibility index (Phi) is 4.24. The molecule has 0 bridgehead atoms. The molecular formula is C16H28O. The molecule has 0 spiro atoms. The first-order valence-electron chi connectivity index (χ1n) is 6.78. The lowest BCUT2D eigenvalue weighted by molar-refractivity contribution is 0.0837. The van der Waals surface area contributed by atoms with Crippen molar-refractivity contribution >= 4 is 0 Å². The lowest BCUT2D eigenvalue weighted by Crippen LogP contribution is -2.27. The molecule has 1 heteroatoms. The minimum atomic E-state index is -0.290. The Hall–Kier alpha value is -0.560. The minimum Gasteiger partial charge on any atom is -0.393 e. The maximum atomic E-state index is 9.86. The predicted molar refractivity (Wildman–Crippen MR) is 74.9 cm³/mol. The fourth-order valence-electron chi connectivity index (χ4n) is 2.36. The van der Waals surface area contributed by atoms with Gasteiger partial charge in [-0.15, -0.1) is 0 Å². The summed E-state index contributed by atoms with van der Waals surface area (Å²) < 4.78 is 0. The molecule has 1 aliphatic carbocycles. The van der Waals surface area contributed by atoms with Crippen LogP contribution in [0.15, 0.2) is 23.8 Å². The molecule has 0 saturated heterocycles. The summed E-state index contributed by atoms with van der Waals surface area (Å²) in [5, 5.41) is 9.86. The van der Waals surface area contributed by atoms with E-state index in [9.17, 15) is 5.11 Å². The highest BCUT2D eigenvalue weighted by Gasteiger charge is 2.34. The molecule has 98 valence electrons. The van der Waals surface area contributed by atoms with E-state index in [1.807, 2.05) is 6.92 Å². The smallest absolute Gasteiger partial charge is 0.0599 e. The summed E-state index contributed by atoms with van der Waals surface area (Å²) in [6.45, 7) is 13.0. The molecule has 0 aromatic carbocycles. The van der Waals surface area contributed by atoms with Crippen LogP contribution in [0.5, 0.6) is 0 Å². The van der Waals surface area contributed by atoms with Crippen LogP contribution in [0.3, 0.4) is 0 Å². The van der Waals surface area contributed by atoms with E-state index in [0.717, 1.165) is 12.8 Å². The lowest BCUT2D eigenvalue weighted by Gasteiger charge is -2.31. The molecule has 0 amide bonds. The van der Waals surface area contributed by atoms with Crippen molar-refractivity contribution in [3.63, 3.8) is 0 Å². The molecule has 3 unspecified atom stereocenters. The van der Waals surface area contributed by atoms with E-state index < -0.39 is 0 Å². The van der Waals surface area contributed by atoms with Crippen molar-refractivity contribution in [2.45, 2.75) is 60.5 Å². The van der Waals surface area contributed by atoms with Crippen LogP contribution >= 0.6 is 0 Å². The van der Waals surface area contributed by atoms with Crippen LogP contribution in [0.25, 0.3) is 0 Å². The molecule has 1 N–H and O–H groups in total. The molecule has 0 radical (unpaired) electrons. The molecule has 0 aliphatic heterocycles. The molecule has 1 nitrogen and oxygen atoms in total. The van der Waals surface area contributed by atoms with E-state index >= 15 is 0 Å². The second kappa shape index (κ2) is 4.97. The van der Waals surface area contributed by atoms with Gasteiger partial charge in [0, 0.05) is 5.41 Å². The summed E-state index contributed by atoms with van der Waals surface area (Å²) in [5.74, 6) is 0.576. The summed E-state index contributed by atoms with van der Waals surface area (Å²) in [4.78, 5) is 0. The normalized spacial score (nSPS) is 29.1. The van der Waals surface area contributed by atoms with Crippen molar-refractivity contribution in [3.05, 3.63) is 23.8 Å². The molecule has 1 rings (SSSR count). The van der Waals surface area contributed by atoms with E-state index in [2.05, 4.69) is 52.8 Å². The highest BCUT2D eigenvalue weighted by Crippen LogP contribution is 2.44. The maximum absolute atomic E-state index is 9.86. The van der Waals surface area contributed by atoms with Gasteiger partial charge in [0.15, 0.2) is 0 Å². The summed E-state index contributed by atoms with van der Waals surface area (Å²) >= 11 is 0. The Morgan fingerprint density at radius 2 is 2.18 bits per heavy atom. The van der Waals surface area contributed by atoms with Crippen LogP contribution in [0.2, 0.25) is 0 Å². The second-order valence-corrected chi connectivity index (χ2v) is 6.35. The Morgan fingerprint density at radius 3 is 2.53 bits per heavy atom. The average molecular weight is 236 g/mol. The van der Waals surface area contributed by atoms with Gasteiger partial charge in [0.25, 0.3) is 0 Å². The topological polar surface area (TPSA) is 20.2 Å². The van der Waals surface area contributed by atoms with Crippen LogP contribution < -0.4 is 0 Å². The van der Waals surface area contributed by atoms with Crippen molar-refractivity contribution in [2.24, 2.45) is 16.7 Å². The molecule has 0 heterocycles. The fraction of sp³-hybridized carbons (Fsp3) is 0.750. The Balaban J connectivity index is 2.80. The second-order valence-electron chi connectivity index (χ2n) is 6.35. The van der Waals surface area contributed by atoms with Crippen LogP contribution in [-0.4, -0.2) is 11.2 Å². The third-order valence-corrected chi connectivity index (χ3v) is 5.05. The SMILES string of the molecule is CCC(C)(/C=C/C1CC=C(C)C1(C)C)C(C)O. The Morgan fingerprint density at radius 1 is 1.59 bits per heavy atom. The zero-order valence-electron chi connectivity index (χ0n) is 12.2. The summed E-state index contributed by atoms with van der Waals surface area (Å²) in [6, 6.07) is 0. The van der Waals surface area contributed by atoms with Gasteiger partial charge in [0.05, 0.1) is 6.10 Å². The van der Waals surface area contributed by atoms with Gasteiger partial charge in [0.1, 0.15) is 0 Å². The molecule has 0 saturated carbocycles. The summed E-state index contributed by atoms with van der Waals surface area (Å²) in [5.41, 5.74) is 1.67. The highest BCUT2D eigenvalue weighted by atomic mass is 16.3. The first-order valence-corrected chi connectivity index (χ1v) is 6.78. The van der Waals surface area contributed by atoms with Crippen LogP contribution in [0.1, 0.15) is 54.4 Å². The van der Waals surface area contributed by atoms with Crippen molar-refractivity contribution in [1.29, 1.82) is 0 Å². The number of rotatable bonds is 4. The van der Waals surface area contributed by atoms with Crippen molar-refractivity contribution in [2.75, 3.05) is 0 Å². The molecule has 17 heavy (non-hydrogen) atoms. The number of allylic oxidation sites excluding steroid dienone is 3. The summed E-state index contributed by atoms with van der Waals surface area (Å²) in [7, 11) is 0. The largest absolute Gasteiger partial charge is 0.393 e. The number of hydrogen-bond acceptors (Lipinski definition) is 1. The first-order chi connectivity index (χ1) is 7.74. The molecular weight excluding hydrogens is 208 g/mol. The molecule has 3 atom stereocenters. The van der Waals surface area contributed by atoms with Gasteiger partial charge in [-0.05, 0) is 38.0 Å². The number of aliphatic hydroxyl groups is 1. The predicted octanol–water partition coefficient (Wildman–Crippen LogP) is 4.33. The Labute approximate surface area is 107 Å². The lowest BCUT2D eigenvalue weighted by atomic mass is 9.75. The molecule has 1 aliphatic rings. The molecule has 0 fully saturated rings. The van der Waals surface area contributed by atoms with Crippen molar-refractivity contribution in [3.8, 4) is 0 Å². The average Bonchev–Trinajstić information content (AvgIpc) is 2.51. The third kappa shape index (κ3) is 2.82. The monoisotopic (exact) mass is 236 g/mol. The van der Waals surface area contributed by atoms with Crippen LogP contribution in [0, 0.1) is 16.7 Å². The standard InChI is InChI=1S/C16H28O/c1-7-16(6,13(3)17)11-10-14-9-8-12(2)15(14,4)5/h8,10-11,13-14,17H,7,9H2,1-6H3/b11-10+. The fourth-order valence-corrected chi connectivity index (χ4v) is 2.36. The minimum absolute atomic E-state index is 0.0907. The maximum Gasteiger partial charge on any atom is 0.0599 e. The van der Waals surface area contributed by atoms with E-state index in [1.165, 1.54) is 5.57 Å². The highest BCUT2D eigenvalue weighted by molar-refractivity contribution is 5.22. The third-order valence-electron chi connectivity index (χ3n) is 5.05. The van der Waals surface area contributed by atoms with Gasteiger partial charge in [-0.25, -0.2) is 0 Å². The van der Waals surface area contributed by atoms with Crippen LogP contribution in [0.4, 0.5) is 0 Å². The van der Waals surface area contributed by atoms with E-state index in [1.54, 1.807) is 0 Å². The van der Waals surface area contributed by atoms with E-state index in [4.69, 9.17) is 0 Å².